The van der Waals surface area contributed by atoms with Gasteiger partial charge >= 0.3 is 16.6 Å². The van der Waals surface area contributed by atoms with Gasteiger partial charge < -0.3 is 13.9 Å². The Morgan fingerprint density at radius 3 is 2.63 bits per heavy atom. The zero-order valence-corrected chi connectivity index (χ0v) is 16.8. The largest absolute Gasteiger partial charge is 0.484 e. The molecule has 0 radical (unpaired) electrons. The Hall–Kier alpha value is -2.71. The number of para-hydroxylation sites is 1. The summed E-state index contributed by atoms with van der Waals surface area (Å²) in [5.74, 6) is -0.502. The monoisotopic (exact) mass is 465 g/mol. The molecule has 0 aliphatic carbocycles. The van der Waals surface area contributed by atoms with Gasteiger partial charge in [-0.1, -0.05) is 6.07 Å². The normalized spacial score (nSPS) is 13.4. The minimum absolute atomic E-state index is 0.0189. The van der Waals surface area contributed by atoms with Gasteiger partial charge in [-0.3, -0.25) is 13.7 Å². The lowest BCUT2D eigenvalue weighted by atomic mass is 10.2. The Kier molecular flexibility index (Phi) is 6.01. The fraction of sp³-hybridized carbons (Fsp3) is 0.250. The predicted molar refractivity (Wildman–Crippen MR) is 98.9 cm³/mol. The number of aromatic amines is 1. The van der Waals surface area contributed by atoms with Gasteiger partial charge in [0, 0.05) is 11.8 Å². The molecule has 0 aliphatic rings. The van der Waals surface area contributed by atoms with E-state index in [9.17, 15) is 25.8 Å². The van der Waals surface area contributed by atoms with Crippen LogP contribution in [0, 0.1) is 6.92 Å². The van der Waals surface area contributed by atoms with E-state index in [-0.39, 0.29) is 33.6 Å². The summed E-state index contributed by atoms with van der Waals surface area (Å²) in [6.07, 6.45) is -3.27. The van der Waals surface area contributed by atoms with Crippen LogP contribution in [0.1, 0.15) is 11.3 Å². The SMILES string of the molecule is Cc1c(OCC(F)(F)F)ccnc1CS(=O)c1nc2c(OS(=O)(=O)O)cccc2[nH]1. The molecule has 1 atom stereocenters. The van der Waals surface area contributed by atoms with Crippen molar-refractivity contribution >= 4 is 32.2 Å². The number of fused-ring (bicyclic) bond motifs is 1. The van der Waals surface area contributed by atoms with E-state index in [2.05, 4.69) is 19.1 Å². The van der Waals surface area contributed by atoms with Crippen molar-refractivity contribution in [3.63, 3.8) is 0 Å². The minimum atomic E-state index is -4.79. The molecule has 0 saturated carbocycles. The van der Waals surface area contributed by atoms with E-state index in [1.54, 1.807) is 0 Å². The van der Waals surface area contributed by atoms with E-state index in [1.807, 2.05) is 0 Å². The molecule has 0 fully saturated rings. The zero-order chi connectivity index (χ0) is 22.1. The molecule has 2 heterocycles. The second-order valence-electron chi connectivity index (χ2n) is 5.98. The highest BCUT2D eigenvalue weighted by Gasteiger charge is 2.29. The highest BCUT2D eigenvalue weighted by molar-refractivity contribution is 7.84. The third kappa shape index (κ3) is 5.46. The summed E-state index contributed by atoms with van der Waals surface area (Å²) in [7, 11) is -6.60. The molecule has 30 heavy (non-hydrogen) atoms. The van der Waals surface area contributed by atoms with Crippen LogP contribution in [0.4, 0.5) is 13.2 Å². The van der Waals surface area contributed by atoms with Crippen molar-refractivity contribution in [1.29, 1.82) is 0 Å². The third-order valence-corrected chi connectivity index (χ3v) is 5.33. The Bertz CT molecular complexity index is 1210. The molecule has 0 bridgehead atoms. The van der Waals surface area contributed by atoms with Crippen LogP contribution >= 0.6 is 0 Å². The summed E-state index contributed by atoms with van der Waals surface area (Å²) in [6.45, 7) is 0.0163. The standard InChI is InChI=1S/C16H14F3N3O6S2/c1-9-11(20-6-5-12(9)27-8-16(17,18)19)7-29(23)15-21-10-3-2-4-13(14(10)22-15)28-30(24,25)26/h2-6H,7-8H2,1H3,(H,21,22)(H,24,25,26). The number of nitrogens with one attached hydrogen (secondary N) is 1. The smallest absolute Gasteiger partial charge is 0.446 e. The van der Waals surface area contributed by atoms with Gasteiger partial charge in [-0.25, -0.2) is 4.98 Å². The van der Waals surface area contributed by atoms with Gasteiger partial charge in [0.05, 0.1) is 27.8 Å². The van der Waals surface area contributed by atoms with Gasteiger partial charge in [0.25, 0.3) is 0 Å². The van der Waals surface area contributed by atoms with E-state index < -0.39 is 34.0 Å². The number of halogens is 3. The van der Waals surface area contributed by atoms with Gasteiger partial charge in [-0.05, 0) is 25.1 Å². The minimum Gasteiger partial charge on any atom is -0.484 e. The summed E-state index contributed by atoms with van der Waals surface area (Å²) >= 11 is 0. The Morgan fingerprint density at radius 2 is 1.97 bits per heavy atom. The zero-order valence-electron chi connectivity index (χ0n) is 15.1. The maximum atomic E-state index is 12.7. The van der Waals surface area contributed by atoms with Crippen LogP contribution in [0.25, 0.3) is 11.0 Å². The summed E-state index contributed by atoms with van der Waals surface area (Å²) in [5.41, 5.74) is 0.848. The first-order chi connectivity index (χ1) is 13.9. The molecule has 2 aromatic heterocycles. The number of ether oxygens (including phenoxy) is 1. The predicted octanol–water partition coefficient (Wildman–Crippen LogP) is 2.70. The molecule has 162 valence electrons. The van der Waals surface area contributed by atoms with E-state index in [4.69, 9.17) is 9.29 Å². The number of benzene rings is 1. The lowest BCUT2D eigenvalue weighted by Gasteiger charge is -2.13. The van der Waals surface area contributed by atoms with Gasteiger partial charge in [0.15, 0.2) is 17.5 Å². The molecular weight excluding hydrogens is 451 g/mol. The number of nitrogens with zero attached hydrogens (tertiary/aromatic N) is 2. The number of aromatic nitrogens is 3. The molecule has 0 amide bonds. The van der Waals surface area contributed by atoms with Crippen molar-refractivity contribution in [1.82, 2.24) is 15.0 Å². The molecule has 1 unspecified atom stereocenters. The number of imidazole rings is 1. The maximum Gasteiger partial charge on any atom is 0.446 e. The highest BCUT2D eigenvalue weighted by atomic mass is 32.3. The van der Waals surface area contributed by atoms with Crippen molar-refractivity contribution < 1.29 is 39.3 Å². The number of hydrogen-bond donors (Lipinski definition) is 2. The summed E-state index contributed by atoms with van der Waals surface area (Å²) in [4.78, 5) is 10.8. The van der Waals surface area contributed by atoms with Crippen LogP contribution in [-0.4, -0.2) is 44.9 Å². The van der Waals surface area contributed by atoms with Crippen LogP contribution in [-0.2, 0) is 27.0 Å². The molecule has 0 spiro atoms. The number of rotatable bonds is 7. The fourth-order valence-electron chi connectivity index (χ4n) is 2.48. The molecule has 3 aromatic rings. The molecule has 3 rings (SSSR count). The second kappa shape index (κ2) is 8.20. The van der Waals surface area contributed by atoms with Gasteiger partial charge in [0.2, 0.25) is 0 Å². The fourth-order valence-corrected chi connectivity index (χ4v) is 3.94. The van der Waals surface area contributed by atoms with Crippen LogP contribution < -0.4 is 8.92 Å². The summed E-state index contributed by atoms with van der Waals surface area (Å²) in [5, 5.41) is -0.0424. The number of hydrogen-bond acceptors (Lipinski definition) is 7. The topological polar surface area (TPSA) is 131 Å². The van der Waals surface area contributed by atoms with Gasteiger partial charge in [-0.2, -0.15) is 21.6 Å². The van der Waals surface area contributed by atoms with Crippen molar-refractivity contribution in [2.24, 2.45) is 0 Å². The number of H-pyrrole nitrogens is 1. The van der Waals surface area contributed by atoms with E-state index >= 15 is 0 Å². The quantitative estimate of drug-likeness (QED) is 0.509. The van der Waals surface area contributed by atoms with Gasteiger partial charge in [0.1, 0.15) is 11.3 Å². The molecule has 14 heteroatoms. The molecule has 2 N–H and O–H groups in total. The summed E-state index contributed by atoms with van der Waals surface area (Å²) in [6, 6.07) is 5.47. The van der Waals surface area contributed by atoms with E-state index in [0.717, 1.165) is 0 Å². The Labute approximate surface area is 170 Å². The number of alkyl halides is 3. The maximum absolute atomic E-state index is 12.7. The Balaban J connectivity index is 1.84. The van der Waals surface area contributed by atoms with Crippen molar-refractivity contribution in [2.45, 2.75) is 24.0 Å². The first-order valence-corrected chi connectivity index (χ1v) is 10.8. The lowest BCUT2D eigenvalue weighted by molar-refractivity contribution is -0.153. The van der Waals surface area contributed by atoms with Crippen LogP contribution in [0.15, 0.2) is 35.6 Å². The van der Waals surface area contributed by atoms with Crippen LogP contribution in [0.2, 0.25) is 0 Å². The lowest BCUT2D eigenvalue weighted by Crippen LogP contribution is -2.20. The van der Waals surface area contributed by atoms with E-state index in [1.165, 1.54) is 37.4 Å². The average molecular weight is 465 g/mol. The molecule has 9 nitrogen and oxygen atoms in total. The summed E-state index contributed by atoms with van der Waals surface area (Å²) < 4.78 is 89.8. The highest BCUT2D eigenvalue weighted by Crippen LogP contribution is 2.27. The van der Waals surface area contributed by atoms with Crippen LogP contribution in [0.3, 0.4) is 0 Å². The van der Waals surface area contributed by atoms with Crippen LogP contribution in [0.5, 0.6) is 11.5 Å². The van der Waals surface area contributed by atoms with E-state index in [0.29, 0.717) is 11.1 Å². The molecule has 0 aliphatic heterocycles. The van der Waals surface area contributed by atoms with Crippen molar-refractivity contribution in [3.8, 4) is 11.5 Å². The molecule has 1 aromatic carbocycles. The molecule has 0 saturated heterocycles. The molecular formula is C16H14F3N3O6S2. The third-order valence-electron chi connectivity index (χ3n) is 3.78. The van der Waals surface area contributed by atoms with Crippen molar-refractivity contribution in [3.05, 3.63) is 41.7 Å². The first-order valence-electron chi connectivity index (χ1n) is 8.11. The second-order valence-corrected chi connectivity index (χ2v) is 8.37. The Morgan fingerprint density at radius 1 is 1.23 bits per heavy atom. The van der Waals surface area contributed by atoms with Gasteiger partial charge in [-0.15, -0.1) is 0 Å². The average Bonchev–Trinajstić information content (AvgIpc) is 3.06. The van der Waals surface area contributed by atoms with Crippen molar-refractivity contribution in [2.75, 3.05) is 6.61 Å². The number of pyridine rings is 1. The first kappa shape index (κ1) is 22.0.